The molecule has 1 aromatic rings. The molecule has 3 N–H and O–H groups in total. The highest BCUT2D eigenvalue weighted by Crippen LogP contribution is 2.37. The number of fused-ring (bicyclic) bond motifs is 2. The Bertz CT molecular complexity index is 905. The molecule has 0 amide bonds. The fourth-order valence-corrected chi connectivity index (χ4v) is 6.02. The van der Waals surface area contributed by atoms with Crippen molar-refractivity contribution < 1.29 is 26.3 Å². The van der Waals surface area contributed by atoms with Gasteiger partial charge in [-0.25, -0.2) is 8.42 Å². The third kappa shape index (κ3) is 6.05. The molecule has 1 aromatic carbocycles. The van der Waals surface area contributed by atoms with Crippen molar-refractivity contribution in [2.24, 2.45) is 11.7 Å². The molecule has 2 bridgehead atoms. The maximum absolute atomic E-state index is 13.4. The standard InChI is InChI=1S/C20H29F3N4O3S/c1-26(2)13-19(24)31(28,29)27(18-7-6-16-11-15(18)8-9-25-16)12-14-4-3-5-17(10-14)30-20(21,22)23/h3-5,10,13,15-16,18,25H,6-9,11-12,24H2,1-2H3/b19-13+. The van der Waals surface area contributed by atoms with Gasteiger partial charge in [-0.1, -0.05) is 12.1 Å². The largest absolute Gasteiger partial charge is 0.573 e. The maximum Gasteiger partial charge on any atom is 0.573 e. The van der Waals surface area contributed by atoms with E-state index >= 15 is 0 Å². The number of hydrogen-bond donors (Lipinski definition) is 2. The minimum atomic E-state index is -4.82. The van der Waals surface area contributed by atoms with Gasteiger partial charge in [0.25, 0.3) is 10.0 Å². The van der Waals surface area contributed by atoms with Gasteiger partial charge in [0.05, 0.1) is 0 Å². The van der Waals surface area contributed by atoms with Crippen molar-refractivity contribution in [1.82, 2.24) is 14.5 Å². The summed E-state index contributed by atoms with van der Waals surface area (Å²) in [5.41, 5.74) is 6.36. The fourth-order valence-electron chi connectivity index (χ4n) is 4.45. The number of alkyl halides is 3. The lowest BCUT2D eigenvalue weighted by molar-refractivity contribution is -0.274. The van der Waals surface area contributed by atoms with Crippen LogP contribution in [0, 0.1) is 5.92 Å². The van der Waals surface area contributed by atoms with E-state index in [4.69, 9.17) is 5.73 Å². The van der Waals surface area contributed by atoms with Crippen LogP contribution in [-0.4, -0.2) is 56.7 Å². The summed E-state index contributed by atoms with van der Waals surface area (Å²) in [5.74, 6) is -0.221. The Morgan fingerprint density at radius 1 is 1.29 bits per heavy atom. The molecule has 3 atom stereocenters. The summed E-state index contributed by atoms with van der Waals surface area (Å²) in [6.07, 6.45) is -0.291. The molecular formula is C20H29F3N4O3S. The third-order valence-corrected chi connectivity index (χ3v) is 7.44. The molecule has 1 aliphatic heterocycles. The van der Waals surface area contributed by atoms with Crippen LogP contribution in [0.25, 0.3) is 0 Å². The van der Waals surface area contributed by atoms with Gasteiger partial charge in [-0.2, -0.15) is 4.31 Å². The van der Waals surface area contributed by atoms with Crippen molar-refractivity contribution >= 4 is 10.0 Å². The molecule has 1 saturated carbocycles. The first-order chi connectivity index (χ1) is 14.5. The topological polar surface area (TPSA) is 87.9 Å². The van der Waals surface area contributed by atoms with Crippen molar-refractivity contribution in [3.63, 3.8) is 0 Å². The molecule has 0 spiro atoms. The van der Waals surface area contributed by atoms with Crippen molar-refractivity contribution in [3.8, 4) is 5.75 Å². The van der Waals surface area contributed by atoms with E-state index in [0.717, 1.165) is 25.8 Å². The van der Waals surface area contributed by atoms with Crippen LogP contribution in [0.15, 0.2) is 35.5 Å². The fraction of sp³-hybridized carbons (Fsp3) is 0.600. The summed E-state index contributed by atoms with van der Waals surface area (Å²) in [6.45, 7) is 0.732. The van der Waals surface area contributed by atoms with Gasteiger partial charge < -0.3 is 20.7 Å². The van der Waals surface area contributed by atoms with Gasteiger partial charge in [0.2, 0.25) is 0 Å². The first-order valence-electron chi connectivity index (χ1n) is 10.2. The molecule has 1 saturated heterocycles. The molecular weight excluding hydrogens is 433 g/mol. The second-order valence-corrected chi connectivity index (χ2v) is 10.2. The molecule has 0 radical (unpaired) electrons. The number of benzene rings is 1. The molecule has 11 heteroatoms. The van der Waals surface area contributed by atoms with E-state index in [0.29, 0.717) is 18.0 Å². The van der Waals surface area contributed by atoms with E-state index in [1.165, 1.54) is 28.7 Å². The summed E-state index contributed by atoms with van der Waals surface area (Å²) >= 11 is 0. The summed E-state index contributed by atoms with van der Waals surface area (Å²) in [6, 6.07) is 5.51. The molecule has 3 unspecified atom stereocenters. The molecule has 31 heavy (non-hydrogen) atoms. The predicted octanol–water partition coefficient (Wildman–Crippen LogP) is 2.57. The van der Waals surface area contributed by atoms with E-state index in [2.05, 4.69) is 10.1 Å². The van der Waals surface area contributed by atoms with Crippen LogP contribution >= 0.6 is 0 Å². The van der Waals surface area contributed by atoms with Gasteiger partial charge >= 0.3 is 6.36 Å². The highest BCUT2D eigenvalue weighted by molar-refractivity contribution is 7.92. The van der Waals surface area contributed by atoms with Crippen LogP contribution in [0.5, 0.6) is 5.75 Å². The average Bonchev–Trinajstić information content (AvgIpc) is 2.65. The monoisotopic (exact) mass is 462 g/mol. The highest BCUT2D eigenvalue weighted by Gasteiger charge is 2.41. The number of ether oxygens (including phenoxy) is 1. The second-order valence-electron chi connectivity index (χ2n) is 8.32. The minimum absolute atomic E-state index is 0.0847. The summed E-state index contributed by atoms with van der Waals surface area (Å²) in [5, 5.41) is 3.15. The molecule has 7 nitrogen and oxygen atoms in total. The van der Waals surface area contributed by atoms with Gasteiger partial charge in [0, 0.05) is 38.9 Å². The Morgan fingerprint density at radius 3 is 2.71 bits per heavy atom. The van der Waals surface area contributed by atoms with Crippen molar-refractivity contribution in [2.75, 3.05) is 20.6 Å². The Morgan fingerprint density at radius 2 is 2.03 bits per heavy atom. The number of piperidine rings is 1. The van der Waals surface area contributed by atoms with Crippen LogP contribution in [0.1, 0.15) is 31.2 Å². The normalized spacial score (nSPS) is 24.8. The maximum atomic E-state index is 13.4. The van der Waals surface area contributed by atoms with Gasteiger partial charge in [-0.05, 0) is 55.8 Å². The Balaban J connectivity index is 1.94. The lowest BCUT2D eigenvalue weighted by atomic mass is 9.77. The van der Waals surface area contributed by atoms with Crippen molar-refractivity contribution in [2.45, 2.75) is 50.7 Å². The van der Waals surface area contributed by atoms with Crippen LogP contribution < -0.4 is 15.8 Å². The summed E-state index contributed by atoms with van der Waals surface area (Å²) in [7, 11) is -0.693. The zero-order valence-electron chi connectivity index (χ0n) is 17.6. The van der Waals surface area contributed by atoms with Crippen LogP contribution in [0.4, 0.5) is 13.2 Å². The third-order valence-electron chi connectivity index (χ3n) is 5.72. The van der Waals surface area contributed by atoms with Crippen LogP contribution in [0.2, 0.25) is 0 Å². The first kappa shape index (κ1) is 23.7. The molecule has 2 aliphatic rings. The molecule has 2 fully saturated rings. The van der Waals surface area contributed by atoms with E-state index < -0.39 is 16.4 Å². The first-order valence-corrected chi connectivity index (χ1v) is 11.6. The van der Waals surface area contributed by atoms with Crippen LogP contribution in [-0.2, 0) is 16.6 Å². The number of nitrogens with zero attached hydrogens (tertiary/aromatic N) is 2. The number of hydrogen-bond acceptors (Lipinski definition) is 6. The average molecular weight is 463 g/mol. The molecule has 1 aliphatic carbocycles. The lowest BCUT2D eigenvalue weighted by Crippen LogP contribution is -2.53. The van der Waals surface area contributed by atoms with Crippen molar-refractivity contribution in [1.29, 1.82) is 0 Å². The van der Waals surface area contributed by atoms with Gasteiger partial charge in [0.15, 0.2) is 5.03 Å². The zero-order valence-corrected chi connectivity index (χ0v) is 18.4. The second kappa shape index (κ2) is 9.25. The number of nitrogens with one attached hydrogen (secondary N) is 1. The van der Waals surface area contributed by atoms with E-state index in [-0.39, 0.29) is 29.3 Å². The number of sulfonamides is 1. The van der Waals surface area contributed by atoms with Gasteiger partial charge in [-0.3, -0.25) is 0 Å². The highest BCUT2D eigenvalue weighted by atomic mass is 32.2. The molecule has 0 aromatic heterocycles. The number of nitrogens with two attached hydrogens (primary N) is 1. The molecule has 1 heterocycles. The Labute approximate surface area is 181 Å². The summed E-state index contributed by atoms with van der Waals surface area (Å²) < 4.78 is 70.1. The van der Waals surface area contributed by atoms with Gasteiger partial charge in [-0.15, -0.1) is 13.2 Å². The Kier molecular flexibility index (Phi) is 7.07. The predicted molar refractivity (Wildman–Crippen MR) is 111 cm³/mol. The smallest absolute Gasteiger partial charge is 0.406 e. The summed E-state index contributed by atoms with van der Waals surface area (Å²) in [4.78, 5) is 1.55. The molecule has 3 rings (SSSR count). The minimum Gasteiger partial charge on any atom is -0.406 e. The number of rotatable bonds is 7. The van der Waals surface area contributed by atoms with E-state index in [1.807, 2.05) is 0 Å². The Hall–Kier alpha value is -1.98. The zero-order chi connectivity index (χ0) is 22.8. The number of halogens is 3. The SMILES string of the molecule is CN(C)/C=C(\N)S(=O)(=O)N(Cc1cccc(OC(F)(F)F)c1)C1CCC2CC1CCN2. The quantitative estimate of drug-likeness (QED) is 0.648. The molecule has 174 valence electrons. The van der Waals surface area contributed by atoms with E-state index in [9.17, 15) is 21.6 Å². The van der Waals surface area contributed by atoms with Gasteiger partial charge in [0.1, 0.15) is 5.75 Å². The van der Waals surface area contributed by atoms with Crippen LogP contribution in [0.3, 0.4) is 0 Å². The van der Waals surface area contributed by atoms with E-state index in [1.54, 1.807) is 25.1 Å². The van der Waals surface area contributed by atoms with Crippen molar-refractivity contribution in [3.05, 3.63) is 41.1 Å². The lowest BCUT2D eigenvalue weighted by Gasteiger charge is -2.45.